The molecular formula is C13H34O5Si2. The van der Waals surface area contributed by atoms with Crippen LogP contribution in [0.2, 0.25) is 38.3 Å². The van der Waals surface area contributed by atoms with Gasteiger partial charge in [0, 0.05) is 12.8 Å². The first kappa shape index (κ1) is 27.6. The number of aliphatic carboxylic acids is 2. The minimum Gasteiger partial charge on any atom is -0.481 e. The van der Waals surface area contributed by atoms with Crippen LogP contribution in [0.25, 0.3) is 0 Å². The van der Waals surface area contributed by atoms with E-state index in [1.165, 1.54) is 0 Å². The SMILES string of the molecule is C.C.C.C[Si](C)(CCC(=O)O)O[Si](C)(C)CCC(=O)O. The van der Waals surface area contributed by atoms with Crippen LogP contribution in [0, 0.1) is 0 Å². The van der Waals surface area contributed by atoms with Gasteiger partial charge in [-0.3, -0.25) is 9.59 Å². The van der Waals surface area contributed by atoms with Crippen molar-refractivity contribution in [2.75, 3.05) is 0 Å². The quantitative estimate of drug-likeness (QED) is 0.651. The highest BCUT2D eigenvalue weighted by Gasteiger charge is 2.33. The summed E-state index contributed by atoms with van der Waals surface area (Å²) in [5.41, 5.74) is 0. The van der Waals surface area contributed by atoms with Crippen molar-refractivity contribution in [1.82, 2.24) is 0 Å². The molecule has 0 aromatic heterocycles. The Morgan fingerprint density at radius 1 is 0.800 bits per heavy atom. The standard InChI is InChI=1S/C10H22O5Si2.3CH4/c1-16(2,7-5-9(11)12)15-17(3,4)8-6-10(13)14;;;/h5-8H2,1-4H3,(H,11,12)(H,13,14);3*1H4. The zero-order chi connectivity index (χ0) is 13.7. The summed E-state index contributed by atoms with van der Waals surface area (Å²) in [7, 11) is -3.97. The second-order valence-corrected chi connectivity index (χ2v) is 14.3. The van der Waals surface area contributed by atoms with Gasteiger partial charge in [-0.1, -0.05) is 22.3 Å². The fraction of sp³-hybridized carbons (Fsp3) is 0.846. The molecule has 0 aliphatic rings. The van der Waals surface area contributed by atoms with Crippen molar-refractivity contribution in [3.63, 3.8) is 0 Å². The smallest absolute Gasteiger partial charge is 0.303 e. The molecule has 0 rings (SSSR count). The average molecular weight is 327 g/mol. The lowest BCUT2D eigenvalue weighted by atomic mass is 10.5. The summed E-state index contributed by atoms with van der Waals surface area (Å²) in [4.78, 5) is 21.1. The van der Waals surface area contributed by atoms with Crippen molar-refractivity contribution in [3.05, 3.63) is 0 Å². The van der Waals surface area contributed by atoms with E-state index in [0.29, 0.717) is 12.1 Å². The van der Waals surface area contributed by atoms with Crippen molar-refractivity contribution in [3.8, 4) is 0 Å². The second-order valence-electron chi connectivity index (χ2n) is 5.41. The lowest BCUT2D eigenvalue weighted by Crippen LogP contribution is -2.44. The molecule has 0 amide bonds. The summed E-state index contributed by atoms with van der Waals surface area (Å²) in [6, 6.07) is 1.15. The fourth-order valence-electron chi connectivity index (χ4n) is 1.67. The second kappa shape index (κ2) is 11.0. The van der Waals surface area contributed by atoms with Crippen molar-refractivity contribution in [2.45, 2.75) is 73.4 Å². The van der Waals surface area contributed by atoms with E-state index in [9.17, 15) is 9.59 Å². The van der Waals surface area contributed by atoms with E-state index in [-0.39, 0.29) is 35.1 Å². The molecule has 2 N–H and O–H groups in total. The molecule has 0 saturated heterocycles. The van der Waals surface area contributed by atoms with Gasteiger partial charge in [0.2, 0.25) is 0 Å². The summed E-state index contributed by atoms with van der Waals surface area (Å²) in [6.07, 6.45) is 0.255. The third-order valence-corrected chi connectivity index (χ3v) is 9.76. The number of carbonyl (C=O) groups is 2. The molecule has 124 valence electrons. The Hall–Kier alpha value is -0.666. The highest BCUT2D eigenvalue weighted by Crippen LogP contribution is 2.23. The van der Waals surface area contributed by atoms with Gasteiger partial charge >= 0.3 is 11.9 Å². The lowest BCUT2D eigenvalue weighted by Gasteiger charge is -2.33. The Labute approximate surface area is 126 Å². The molecule has 5 nitrogen and oxygen atoms in total. The van der Waals surface area contributed by atoms with E-state index in [1.54, 1.807) is 0 Å². The first-order valence-electron chi connectivity index (χ1n) is 5.68. The van der Waals surface area contributed by atoms with Crippen LogP contribution in [0.1, 0.15) is 35.1 Å². The third kappa shape index (κ3) is 15.4. The molecule has 0 spiro atoms. The largest absolute Gasteiger partial charge is 0.481 e. The molecule has 0 fully saturated rings. The van der Waals surface area contributed by atoms with Crippen LogP contribution >= 0.6 is 0 Å². The molecule has 0 radical (unpaired) electrons. The fourth-order valence-corrected chi connectivity index (χ4v) is 10.1. The van der Waals surface area contributed by atoms with Crippen LogP contribution in [0.5, 0.6) is 0 Å². The first-order valence-corrected chi connectivity index (χ1v) is 11.9. The lowest BCUT2D eigenvalue weighted by molar-refractivity contribution is -0.137. The molecular weight excluding hydrogens is 292 g/mol. The van der Waals surface area contributed by atoms with Crippen LogP contribution in [0.4, 0.5) is 0 Å². The Kier molecular flexibility index (Phi) is 15.3. The molecule has 0 atom stereocenters. The summed E-state index contributed by atoms with van der Waals surface area (Å²) in [5, 5.41) is 17.3. The van der Waals surface area contributed by atoms with Crippen LogP contribution < -0.4 is 0 Å². The maximum atomic E-state index is 10.5. The normalized spacial score (nSPS) is 10.6. The molecule has 0 unspecified atom stereocenters. The summed E-state index contributed by atoms with van der Waals surface area (Å²) in [6.45, 7) is 7.97. The van der Waals surface area contributed by atoms with Gasteiger partial charge in [0.1, 0.15) is 0 Å². The predicted molar refractivity (Wildman–Crippen MR) is 90.4 cm³/mol. The van der Waals surface area contributed by atoms with Crippen molar-refractivity contribution in [2.24, 2.45) is 0 Å². The topological polar surface area (TPSA) is 83.8 Å². The van der Waals surface area contributed by atoms with Crippen molar-refractivity contribution in [1.29, 1.82) is 0 Å². The summed E-state index contributed by atoms with van der Waals surface area (Å²) >= 11 is 0. The molecule has 0 aliphatic carbocycles. The molecule has 0 aliphatic heterocycles. The molecule has 0 aromatic carbocycles. The maximum absolute atomic E-state index is 10.5. The Balaban J connectivity index is -0.000000427. The maximum Gasteiger partial charge on any atom is 0.303 e. The minimum atomic E-state index is -1.99. The van der Waals surface area contributed by atoms with E-state index in [2.05, 4.69) is 0 Å². The first-order chi connectivity index (χ1) is 7.54. The Bertz CT molecular complexity index is 262. The molecule has 7 heteroatoms. The minimum absolute atomic E-state index is 0. The van der Waals surface area contributed by atoms with Crippen LogP contribution in [-0.2, 0) is 13.7 Å². The van der Waals surface area contributed by atoms with Gasteiger partial charge in [0.25, 0.3) is 0 Å². The highest BCUT2D eigenvalue weighted by molar-refractivity contribution is 6.85. The monoisotopic (exact) mass is 326 g/mol. The number of carboxylic acid groups (broad SMARTS) is 2. The number of hydrogen-bond donors (Lipinski definition) is 2. The van der Waals surface area contributed by atoms with Crippen LogP contribution in [-0.4, -0.2) is 38.8 Å². The predicted octanol–water partition coefficient (Wildman–Crippen LogP) is 4.27. The zero-order valence-electron chi connectivity index (χ0n) is 10.9. The zero-order valence-corrected chi connectivity index (χ0v) is 12.9. The molecule has 20 heavy (non-hydrogen) atoms. The van der Waals surface area contributed by atoms with E-state index < -0.39 is 28.6 Å². The Morgan fingerprint density at radius 2 is 1.05 bits per heavy atom. The van der Waals surface area contributed by atoms with Gasteiger partial charge in [-0.25, -0.2) is 0 Å². The summed E-state index contributed by atoms with van der Waals surface area (Å²) in [5.74, 6) is -1.61. The molecule has 0 heterocycles. The highest BCUT2D eigenvalue weighted by atomic mass is 28.4. The third-order valence-electron chi connectivity index (χ3n) is 2.43. The average Bonchev–Trinajstić information content (AvgIpc) is 2.10. The van der Waals surface area contributed by atoms with Crippen LogP contribution in [0.3, 0.4) is 0 Å². The molecule has 0 saturated carbocycles. The number of rotatable bonds is 8. The molecule has 0 bridgehead atoms. The Morgan fingerprint density at radius 3 is 1.25 bits per heavy atom. The van der Waals surface area contributed by atoms with Gasteiger partial charge in [-0.2, -0.15) is 0 Å². The van der Waals surface area contributed by atoms with Gasteiger partial charge < -0.3 is 14.3 Å². The summed E-state index contributed by atoms with van der Waals surface area (Å²) < 4.78 is 6.08. The van der Waals surface area contributed by atoms with E-state index in [0.717, 1.165) is 0 Å². The van der Waals surface area contributed by atoms with Gasteiger partial charge in [0.15, 0.2) is 16.6 Å². The van der Waals surface area contributed by atoms with E-state index in [4.69, 9.17) is 14.3 Å². The molecule has 0 aromatic rings. The van der Waals surface area contributed by atoms with Crippen LogP contribution in [0.15, 0.2) is 0 Å². The van der Waals surface area contributed by atoms with Gasteiger partial charge in [-0.15, -0.1) is 0 Å². The van der Waals surface area contributed by atoms with Crippen molar-refractivity contribution >= 4 is 28.6 Å². The van der Waals surface area contributed by atoms with E-state index >= 15 is 0 Å². The number of carboxylic acids is 2. The van der Waals surface area contributed by atoms with E-state index in [1.807, 2.05) is 26.2 Å². The van der Waals surface area contributed by atoms with Gasteiger partial charge in [0.05, 0.1) is 0 Å². The van der Waals surface area contributed by atoms with Gasteiger partial charge in [-0.05, 0) is 38.3 Å². The van der Waals surface area contributed by atoms with Crippen molar-refractivity contribution < 1.29 is 23.9 Å². The number of hydrogen-bond acceptors (Lipinski definition) is 3.